The maximum atomic E-state index is 12.1. The largest absolute Gasteiger partial charge is 0.445 e. The van der Waals surface area contributed by atoms with Crippen molar-refractivity contribution in [1.29, 1.82) is 0 Å². The van der Waals surface area contributed by atoms with Gasteiger partial charge in [0, 0.05) is 32.7 Å². The van der Waals surface area contributed by atoms with E-state index < -0.39 is 0 Å². The molecule has 1 atom stereocenters. The Hall–Kier alpha value is -1.59. The number of nitrogens with zero attached hydrogens (tertiary/aromatic N) is 2. The van der Waals surface area contributed by atoms with Crippen LogP contribution in [0.3, 0.4) is 0 Å². The van der Waals surface area contributed by atoms with E-state index in [2.05, 4.69) is 4.90 Å². The number of carbonyl (C=O) groups excluding carboxylic acids is 1. The van der Waals surface area contributed by atoms with E-state index in [4.69, 9.17) is 10.5 Å². The first-order valence-corrected chi connectivity index (χ1v) is 7.56. The quantitative estimate of drug-likeness (QED) is 0.896. The molecule has 0 saturated carbocycles. The maximum Gasteiger partial charge on any atom is 0.410 e. The highest BCUT2D eigenvalue weighted by atomic mass is 16.6. The van der Waals surface area contributed by atoms with E-state index in [0.717, 1.165) is 38.0 Å². The molecule has 21 heavy (non-hydrogen) atoms. The van der Waals surface area contributed by atoms with E-state index >= 15 is 0 Å². The number of ether oxygens (including phenoxy) is 1. The Balaban J connectivity index is 1.81. The van der Waals surface area contributed by atoms with Gasteiger partial charge in [-0.3, -0.25) is 0 Å². The Morgan fingerprint density at radius 1 is 1.43 bits per heavy atom. The van der Waals surface area contributed by atoms with Gasteiger partial charge in [0.05, 0.1) is 0 Å². The smallest absolute Gasteiger partial charge is 0.410 e. The number of rotatable bonds is 5. The van der Waals surface area contributed by atoms with Gasteiger partial charge < -0.3 is 20.3 Å². The van der Waals surface area contributed by atoms with Gasteiger partial charge in [-0.15, -0.1) is 0 Å². The van der Waals surface area contributed by atoms with Gasteiger partial charge in [0.2, 0.25) is 0 Å². The standard InChI is InChI=1S/C16H25N3O2/c1-18(15-8-5-10-19(12-15)11-9-17)16(20)21-13-14-6-3-2-4-7-14/h2-4,6-7,15H,5,8-13,17H2,1H3/t15-/m1/s1. The summed E-state index contributed by atoms with van der Waals surface area (Å²) in [6.07, 6.45) is 1.87. The third-order valence-corrected chi connectivity index (χ3v) is 3.97. The topological polar surface area (TPSA) is 58.8 Å². The fourth-order valence-corrected chi connectivity index (χ4v) is 2.70. The van der Waals surface area contributed by atoms with Gasteiger partial charge in [-0.1, -0.05) is 30.3 Å². The molecule has 5 nitrogen and oxygen atoms in total. The van der Waals surface area contributed by atoms with Crippen molar-refractivity contribution in [2.24, 2.45) is 5.73 Å². The number of hydrogen-bond acceptors (Lipinski definition) is 4. The van der Waals surface area contributed by atoms with Gasteiger partial charge in [0.25, 0.3) is 0 Å². The summed E-state index contributed by atoms with van der Waals surface area (Å²) < 4.78 is 5.38. The van der Waals surface area contributed by atoms with Crippen molar-refractivity contribution in [3.63, 3.8) is 0 Å². The van der Waals surface area contributed by atoms with Crippen LogP contribution in [0, 0.1) is 0 Å². The minimum absolute atomic E-state index is 0.216. The van der Waals surface area contributed by atoms with Crippen molar-refractivity contribution in [3.05, 3.63) is 35.9 Å². The van der Waals surface area contributed by atoms with Crippen molar-refractivity contribution in [1.82, 2.24) is 9.80 Å². The molecule has 1 saturated heterocycles. The van der Waals surface area contributed by atoms with Crippen LogP contribution in [0.4, 0.5) is 4.79 Å². The van der Waals surface area contributed by atoms with E-state index in [9.17, 15) is 4.79 Å². The molecule has 0 spiro atoms. The third kappa shape index (κ3) is 4.72. The number of likely N-dealkylation sites (tertiary alicyclic amines) is 1. The molecule has 1 aliphatic heterocycles. The minimum Gasteiger partial charge on any atom is -0.445 e. The molecule has 0 aromatic heterocycles. The van der Waals surface area contributed by atoms with Crippen LogP contribution < -0.4 is 5.73 Å². The number of amides is 1. The second-order valence-corrected chi connectivity index (χ2v) is 5.54. The highest BCUT2D eigenvalue weighted by molar-refractivity contribution is 5.67. The van der Waals surface area contributed by atoms with Gasteiger partial charge >= 0.3 is 6.09 Å². The first-order valence-electron chi connectivity index (χ1n) is 7.56. The molecule has 0 unspecified atom stereocenters. The summed E-state index contributed by atoms with van der Waals surface area (Å²) >= 11 is 0. The number of likely N-dealkylation sites (N-methyl/N-ethyl adjacent to an activating group) is 1. The average Bonchev–Trinajstić information content (AvgIpc) is 2.53. The second-order valence-electron chi connectivity index (χ2n) is 5.54. The van der Waals surface area contributed by atoms with Crippen molar-refractivity contribution < 1.29 is 9.53 Å². The molecule has 0 aliphatic carbocycles. The van der Waals surface area contributed by atoms with Crippen molar-refractivity contribution in [3.8, 4) is 0 Å². The molecule has 5 heteroatoms. The van der Waals surface area contributed by atoms with Gasteiger partial charge in [-0.25, -0.2) is 4.79 Å². The highest BCUT2D eigenvalue weighted by Gasteiger charge is 2.26. The van der Waals surface area contributed by atoms with E-state index in [1.54, 1.807) is 4.90 Å². The molecule has 1 aromatic carbocycles. The fraction of sp³-hybridized carbons (Fsp3) is 0.562. The molecule has 1 fully saturated rings. The van der Waals surface area contributed by atoms with Crippen LogP contribution in [0.25, 0.3) is 0 Å². The summed E-state index contributed by atoms with van der Waals surface area (Å²) in [6.45, 7) is 3.83. The van der Waals surface area contributed by atoms with Gasteiger partial charge in [0.15, 0.2) is 0 Å². The Labute approximate surface area is 126 Å². The lowest BCUT2D eigenvalue weighted by atomic mass is 10.0. The van der Waals surface area contributed by atoms with Gasteiger partial charge in [-0.05, 0) is 24.9 Å². The van der Waals surface area contributed by atoms with Crippen molar-refractivity contribution in [2.45, 2.75) is 25.5 Å². The first kappa shape index (κ1) is 15.8. The summed E-state index contributed by atoms with van der Waals surface area (Å²) in [4.78, 5) is 16.2. The number of piperidine rings is 1. The third-order valence-electron chi connectivity index (χ3n) is 3.97. The zero-order chi connectivity index (χ0) is 15.1. The number of carbonyl (C=O) groups is 1. The lowest BCUT2D eigenvalue weighted by molar-refractivity contribution is 0.0687. The van der Waals surface area contributed by atoms with Crippen LogP contribution in [0.2, 0.25) is 0 Å². The number of nitrogens with two attached hydrogens (primary N) is 1. The predicted octanol–water partition coefficient (Wildman–Crippen LogP) is 1.68. The van der Waals surface area contributed by atoms with E-state index in [-0.39, 0.29) is 12.1 Å². The Morgan fingerprint density at radius 2 is 2.19 bits per heavy atom. The zero-order valence-electron chi connectivity index (χ0n) is 12.7. The molecule has 0 radical (unpaired) electrons. The molecule has 1 aromatic rings. The molecule has 2 N–H and O–H groups in total. The van der Waals surface area contributed by atoms with Crippen LogP contribution >= 0.6 is 0 Å². The average molecular weight is 291 g/mol. The second kappa shape index (κ2) is 8.00. The molecule has 1 amide bonds. The lowest BCUT2D eigenvalue weighted by Crippen LogP contribution is -2.49. The fourth-order valence-electron chi connectivity index (χ4n) is 2.70. The van der Waals surface area contributed by atoms with E-state index in [1.807, 2.05) is 37.4 Å². The molecule has 116 valence electrons. The normalized spacial score (nSPS) is 19.2. The Kier molecular flexibility index (Phi) is 6.02. The molecule has 0 bridgehead atoms. The summed E-state index contributed by atoms with van der Waals surface area (Å²) in [5.74, 6) is 0. The number of hydrogen-bond donors (Lipinski definition) is 1. The number of benzene rings is 1. The monoisotopic (exact) mass is 291 g/mol. The van der Waals surface area contributed by atoms with Crippen LogP contribution in [0.15, 0.2) is 30.3 Å². The van der Waals surface area contributed by atoms with Crippen molar-refractivity contribution in [2.75, 3.05) is 33.2 Å². The molecule has 2 rings (SSSR count). The van der Waals surface area contributed by atoms with Gasteiger partial charge in [-0.2, -0.15) is 0 Å². The van der Waals surface area contributed by atoms with Crippen LogP contribution in [-0.2, 0) is 11.3 Å². The van der Waals surface area contributed by atoms with E-state index in [0.29, 0.717) is 13.2 Å². The minimum atomic E-state index is -0.251. The van der Waals surface area contributed by atoms with Crippen molar-refractivity contribution >= 4 is 6.09 Å². The summed E-state index contributed by atoms with van der Waals surface area (Å²) in [6, 6.07) is 9.96. The van der Waals surface area contributed by atoms with E-state index in [1.165, 1.54) is 0 Å². The summed E-state index contributed by atoms with van der Waals surface area (Å²) in [5.41, 5.74) is 6.61. The molecular formula is C16H25N3O2. The van der Waals surface area contributed by atoms with Gasteiger partial charge in [0.1, 0.15) is 6.61 Å². The summed E-state index contributed by atoms with van der Waals surface area (Å²) in [7, 11) is 1.82. The molecule has 1 heterocycles. The first-order chi connectivity index (χ1) is 10.2. The highest BCUT2D eigenvalue weighted by Crippen LogP contribution is 2.15. The SMILES string of the molecule is CN(C(=O)OCc1ccccc1)[C@@H]1CCCN(CCN)C1. The molecular weight excluding hydrogens is 266 g/mol. The van der Waals surface area contributed by atoms with Crippen LogP contribution in [0.5, 0.6) is 0 Å². The van der Waals surface area contributed by atoms with Crippen LogP contribution in [-0.4, -0.2) is 55.2 Å². The maximum absolute atomic E-state index is 12.1. The van der Waals surface area contributed by atoms with Crippen LogP contribution in [0.1, 0.15) is 18.4 Å². The summed E-state index contributed by atoms with van der Waals surface area (Å²) in [5, 5.41) is 0. The zero-order valence-corrected chi connectivity index (χ0v) is 12.7. The Morgan fingerprint density at radius 3 is 2.90 bits per heavy atom. The predicted molar refractivity (Wildman–Crippen MR) is 82.9 cm³/mol. The lowest BCUT2D eigenvalue weighted by Gasteiger charge is -2.36. The Bertz CT molecular complexity index is 436. The molecule has 1 aliphatic rings.